The third-order valence-corrected chi connectivity index (χ3v) is 4.27. The molecule has 0 spiro atoms. The van der Waals surface area contributed by atoms with Crippen LogP contribution in [-0.4, -0.2) is 13.4 Å². The largest absolute Gasteiger partial charge is 0.263 e. The smallest absolute Gasteiger partial charge is 0.263 e. The summed E-state index contributed by atoms with van der Waals surface area (Å²) in [5, 5.41) is 0. The van der Waals surface area contributed by atoms with Crippen LogP contribution in [0.2, 0.25) is 0 Å². The Morgan fingerprint density at radius 3 is 2.40 bits per heavy atom. The number of aryl methyl sites for hydroxylation is 2. The van der Waals surface area contributed by atoms with Crippen molar-refractivity contribution in [2.45, 2.75) is 31.6 Å². The average Bonchev–Trinajstić information content (AvgIpc) is 2.39. The average molecular weight is 290 g/mol. The summed E-state index contributed by atoms with van der Waals surface area (Å²) in [4.78, 5) is 4.39. The van der Waals surface area contributed by atoms with E-state index >= 15 is 0 Å². The molecule has 1 N–H and O–H groups in total. The van der Waals surface area contributed by atoms with E-state index < -0.39 is 10.0 Å². The van der Waals surface area contributed by atoms with Crippen LogP contribution in [0.25, 0.3) is 0 Å². The zero-order chi connectivity index (χ0) is 14.6. The SMILES string of the molecule is CCCc1ccc(S(=O)(=O)Nc2cccc(C)n2)cc1. The number of sulfonamides is 1. The summed E-state index contributed by atoms with van der Waals surface area (Å²) < 4.78 is 26.9. The molecular weight excluding hydrogens is 272 g/mol. The fourth-order valence-electron chi connectivity index (χ4n) is 1.92. The number of hydrogen-bond acceptors (Lipinski definition) is 3. The van der Waals surface area contributed by atoms with Crippen molar-refractivity contribution in [3.8, 4) is 0 Å². The molecule has 0 radical (unpaired) electrons. The van der Waals surface area contributed by atoms with Crippen LogP contribution < -0.4 is 4.72 Å². The molecule has 0 fully saturated rings. The van der Waals surface area contributed by atoms with Gasteiger partial charge in [0.2, 0.25) is 0 Å². The maximum absolute atomic E-state index is 12.2. The van der Waals surface area contributed by atoms with Crippen molar-refractivity contribution >= 4 is 15.8 Å². The van der Waals surface area contributed by atoms with Crippen LogP contribution in [-0.2, 0) is 16.4 Å². The molecule has 1 aromatic carbocycles. The zero-order valence-corrected chi connectivity index (χ0v) is 12.4. The van der Waals surface area contributed by atoms with Crippen molar-refractivity contribution in [2.24, 2.45) is 0 Å². The lowest BCUT2D eigenvalue weighted by molar-refractivity contribution is 0.601. The van der Waals surface area contributed by atoms with E-state index in [9.17, 15) is 8.42 Å². The molecule has 5 heteroatoms. The molecule has 0 amide bonds. The Morgan fingerprint density at radius 1 is 1.10 bits per heavy atom. The van der Waals surface area contributed by atoms with E-state index in [4.69, 9.17) is 0 Å². The van der Waals surface area contributed by atoms with Crippen LogP contribution in [0.4, 0.5) is 5.82 Å². The molecule has 0 aliphatic carbocycles. The van der Waals surface area contributed by atoms with E-state index in [1.54, 1.807) is 24.3 Å². The molecule has 0 unspecified atom stereocenters. The number of aromatic nitrogens is 1. The van der Waals surface area contributed by atoms with Crippen molar-refractivity contribution in [1.29, 1.82) is 0 Å². The fourth-order valence-corrected chi connectivity index (χ4v) is 2.92. The number of benzene rings is 1. The van der Waals surface area contributed by atoms with Gasteiger partial charge < -0.3 is 0 Å². The molecule has 2 rings (SSSR count). The minimum Gasteiger partial charge on any atom is -0.263 e. The summed E-state index contributed by atoms with van der Waals surface area (Å²) >= 11 is 0. The van der Waals surface area contributed by atoms with Crippen molar-refractivity contribution in [1.82, 2.24) is 4.98 Å². The van der Waals surface area contributed by atoms with Crippen LogP contribution in [0, 0.1) is 6.92 Å². The predicted molar refractivity (Wildman–Crippen MR) is 80.2 cm³/mol. The second-order valence-corrected chi connectivity index (χ2v) is 6.35. The molecule has 1 heterocycles. The minimum atomic E-state index is -3.57. The Hall–Kier alpha value is -1.88. The predicted octanol–water partition coefficient (Wildman–Crippen LogP) is 3.14. The highest BCUT2D eigenvalue weighted by molar-refractivity contribution is 7.92. The van der Waals surface area contributed by atoms with Crippen molar-refractivity contribution in [3.05, 3.63) is 53.7 Å². The van der Waals surface area contributed by atoms with Crippen LogP contribution in [0.1, 0.15) is 24.6 Å². The fraction of sp³-hybridized carbons (Fsp3) is 0.267. The van der Waals surface area contributed by atoms with Gasteiger partial charge >= 0.3 is 0 Å². The lowest BCUT2D eigenvalue weighted by Gasteiger charge is -2.08. The number of nitrogens with one attached hydrogen (secondary N) is 1. The molecule has 4 nitrogen and oxygen atoms in total. The maximum Gasteiger partial charge on any atom is 0.263 e. The van der Waals surface area contributed by atoms with Gasteiger partial charge in [-0.3, -0.25) is 4.72 Å². The van der Waals surface area contributed by atoms with Gasteiger partial charge in [-0.25, -0.2) is 13.4 Å². The first kappa shape index (κ1) is 14.5. The third kappa shape index (κ3) is 3.57. The number of anilines is 1. The molecule has 0 saturated heterocycles. The Morgan fingerprint density at radius 2 is 1.80 bits per heavy atom. The summed E-state index contributed by atoms with van der Waals surface area (Å²) in [7, 11) is -3.57. The van der Waals surface area contributed by atoms with Crippen LogP contribution in [0.15, 0.2) is 47.4 Å². The van der Waals surface area contributed by atoms with Crippen LogP contribution in [0.5, 0.6) is 0 Å². The lowest BCUT2D eigenvalue weighted by Crippen LogP contribution is -2.14. The van der Waals surface area contributed by atoms with Gasteiger partial charge in [-0.05, 0) is 43.2 Å². The van der Waals surface area contributed by atoms with E-state index in [1.807, 2.05) is 25.1 Å². The zero-order valence-electron chi connectivity index (χ0n) is 11.6. The summed E-state index contributed by atoms with van der Waals surface area (Å²) in [6.45, 7) is 3.91. The first-order valence-electron chi connectivity index (χ1n) is 6.56. The van der Waals surface area contributed by atoms with Crippen molar-refractivity contribution < 1.29 is 8.42 Å². The Balaban J connectivity index is 2.21. The standard InChI is InChI=1S/C15H18N2O2S/c1-3-5-13-8-10-14(11-9-13)20(18,19)17-15-7-4-6-12(2)16-15/h4,6-11H,3,5H2,1-2H3,(H,16,17). The molecule has 0 aliphatic rings. The highest BCUT2D eigenvalue weighted by Crippen LogP contribution is 2.16. The number of pyridine rings is 1. The van der Waals surface area contributed by atoms with Gasteiger partial charge in [0.15, 0.2) is 0 Å². The van der Waals surface area contributed by atoms with Gasteiger partial charge in [-0.2, -0.15) is 0 Å². The van der Waals surface area contributed by atoms with Crippen molar-refractivity contribution in [2.75, 3.05) is 4.72 Å². The van der Waals surface area contributed by atoms with E-state index in [2.05, 4.69) is 16.6 Å². The van der Waals surface area contributed by atoms with Crippen molar-refractivity contribution in [3.63, 3.8) is 0 Å². The Bertz CT molecular complexity index is 679. The molecule has 0 atom stereocenters. The molecule has 0 aliphatic heterocycles. The van der Waals surface area contributed by atoms with Gasteiger partial charge in [-0.1, -0.05) is 31.5 Å². The van der Waals surface area contributed by atoms with Crippen LogP contribution >= 0.6 is 0 Å². The minimum absolute atomic E-state index is 0.251. The van der Waals surface area contributed by atoms with Gasteiger partial charge in [0.1, 0.15) is 5.82 Å². The molecule has 0 saturated carbocycles. The highest BCUT2D eigenvalue weighted by Gasteiger charge is 2.14. The summed E-state index contributed by atoms with van der Waals surface area (Å²) in [6.07, 6.45) is 1.99. The van der Waals surface area contributed by atoms with Gasteiger partial charge in [-0.15, -0.1) is 0 Å². The Kier molecular flexibility index (Phi) is 4.39. The second kappa shape index (κ2) is 6.05. The van der Waals surface area contributed by atoms with E-state index in [1.165, 1.54) is 0 Å². The Labute approximate surface area is 119 Å². The monoisotopic (exact) mass is 290 g/mol. The molecule has 2 aromatic rings. The molecule has 0 bridgehead atoms. The molecular formula is C15H18N2O2S. The lowest BCUT2D eigenvalue weighted by atomic mass is 10.1. The highest BCUT2D eigenvalue weighted by atomic mass is 32.2. The first-order valence-corrected chi connectivity index (χ1v) is 8.05. The molecule has 20 heavy (non-hydrogen) atoms. The third-order valence-electron chi connectivity index (χ3n) is 2.90. The molecule has 1 aromatic heterocycles. The topological polar surface area (TPSA) is 59.1 Å². The number of hydrogen-bond donors (Lipinski definition) is 1. The van der Waals surface area contributed by atoms with Gasteiger partial charge in [0.25, 0.3) is 10.0 Å². The van der Waals surface area contributed by atoms with Crippen LogP contribution in [0.3, 0.4) is 0 Å². The molecule has 106 valence electrons. The summed E-state index contributed by atoms with van der Waals surface area (Å²) in [6, 6.07) is 12.2. The maximum atomic E-state index is 12.2. The normalized spacial score (nSPS) is 11.3. The van der Waals surface area contributed by atoms with E-state index in [0.717, 1.165) is 24.1 Å². The van der Waals surface area contributed by atoms with E-state index in [0.29, 0.717) is 5.82 Å². The second-order valence-electron chi connectivity index (χ2n) is 4.66. The quantitative estimate of drug-likeness (QED) is 0.920. The summed E-state index contributed by atoms with van der Waals surface area (Å²) in [5.41, 5.74) is 1.91. The van der Waals surface area contributed by atoms with Gasteiger partial charge in [0, 0.05) is 5.69 Å². The summed E-state index contributed by atoms with van der Waals surface area (Å²) in [5.74, 6) is 0.336. The number of nitrogens with zero attached hydrogens (tertiary/aromatic N) is 1. The first-order chi connectivity index (χ1) is 9.51. The van der Waals surface area contributed by atoms with E-state index in [-0.39, 0.29) is 4.90 Å². The van der Waals surface area contributed by atoms with Gasteiger partial charge in [0.05, 0.1) is 4.90 Å². The number of rotatable bonds is 5.